The van der Waals surface area contributed by atoms with E-state index in [1.54, 1.807) is 0 Å². The number of hydrogen-bond donors (Lipinski definition) is 0. The molecule has 1 heterocycles. The summed E-state index contributed by atoms with van der Waals surface area (Å²) in [5.74, 6) is -1.24. The highest BCUT2D eigenvalue weighted by atomic mass is 19.4. The zero-order valence-corrected chi connectivity index (χ0v) is 16.5. The van der Waals surface area contributed by atoms with Gasteiger partial charge in [-0.3, -0.25) is 9.80 Å². The van der Waals surface area contributed by atoms with Gasteiger partial charge in [0.2, 0.25) is 0 Å². The van der Waals surface area contributed by atoms with Crippen LogP contribution in [0.5, 0.6) is 5.75 Å². The Kier molecular flexibility index (Phi) is 7.14. The van der Waals surface area contributed by atoms with Gasteiger partial charge in [0, 0.05) is 39.3 Å². The smallest absolute Gasteiger partial charge is 0.420 e. The van der Waals surface area contributed by atoms with Crippen LogP contribution in [0, 0.1) is 5.82 Å². The summed E-state index contributed by atoms with van der Waals surface area (Å²) in [6.45, 7) is 6.79. The predicted octanol–water partition coefficient (Wildman–Crippen LogP) is 4.82. The summed E-state index contributed by atoms with van der Waals surface area (Å²) in [4.78, 5) is 4.59. The highest BCUT2D eigenvalue weighted by Gasteiger charge is 2.35. The van der Waals surface area contributed by atoms with Crippen molar-refractivity contribution in [2.24, 2.45) is 0 Å². The van der Waals surface area contributed by atoms with Gasteiger partial charge in [0.05, 0.1) is 0 Å². The van der Waals surface area contributed by atoms with Crippen molar-refractivity contribution in [1.29, 1.82) is 0 Å². The second-order valence-electron chi connectivity index (χ2n) is 7.35. The van der Waals surface area contributed by atoms with Gasteiger partial charge in [0.25, 0.3) is 0 Å². The van der Waals surface area contributed by atoms with Gasteiger partial charge in [-0.1, -0.05) is 37.3 Å². The summed E-state index contributed by atoms with van der Waals surface area (Å²) in [7, 11) is 0. The number of benzene rings is 2. The molecule has 158 valence electrons. The number of rotatable bonds is 7. The lowest BCUT2D eigenvalue weighted by Crippen LogP contribution is -2.48. The Morgan fingerprint density at radius 3 is 2.24 bits per heavy atom. The Balaban J connectivity index is 1.55. The van der Waals surface area contributed by atoms with E-state index in [-0.39, 0.29) is 11.9 Å². The molecule has 0 spiro atoms. The van der Waals surface area contributed by atoms with Crippen LogP contribution in [0.25, 0.3) is 0 Å². The topological polar surface area (TPSA) is 15.7 Å². The molecule has 1 saturated heterocycles. The summed E-state index contributed by atoms with van der Waals surface area (Å²) in [5, 5.41) is 0. The number of piperazine rings is 1. The molecule has 0 radical (unpaired) electrons. The first-order valence-electron chi connectivity index (χ1n) is 9.87. The summed E-state index contributed by atoms with van der Waals surface area (Å²) in [6, 6.07) is 12.8. The third kappa shape index (κ3) is 6.18. The van der Waals surface area contributed by atoms with Gasteiger partial charge < -0.3 is 4.74 Å². The fourth-order valence-corrected chi connectivity index (χ4v) is 3.52. The van der Waals surface area contributed by atoms with Crippen molar-refractivity contribution >= 4 is 0 Å². The molecule has 1 unspecified atom stereocenters. The minimum atomic E-state index is -4.65. The summed E-state index contributed by atoms with van der Waals surface area (Å²) >= 11 is 0. The minimum Gasteiger partial charge on any atom is -0.488 e. The molecule has 0 aliphatic carbocycles. The van der Waals surface area contributed by atoms with E-state index in [0.29, 0.717) is 19.0 Å². The van der Waals surface area contributed by atoms with Crippen LogP contribution in [0.3, 0.4) is 0 Å². The van der Waals surface area contributed by atoms with Crippen molar-refractivity contribution in [2.75, 3.05) is 32.7 Å². The molecule has 29 heavy (non-hydrogen) atoms. The third-order valence-corrected chi connectivity index (χ3v) is 5.17. The van der Waals surface area contributed by atoms with E-state index in [2.05, 4.69) is 21.9 Å². The van der Waals surface area contributed by atoms with Crippen LogP contribution in [0.4, 0.5) is 17.6 Å². The maximum atomic E-state index is 13.3. The molecule has 1 aliphatic rings. The predicted molar refractivity (Wildman–Crippen MR) is 104 cm³/mol. The normalized spacial score (nSPS) is 17.3. The molecule has 2 aromatic carbocycles. The lowest BCUT2D eigenvalue weighted by atomic mass is 10.1. The van der Waals surface area contributed by atoms with Gasteiger partial charge in [0.1, 0.15) is 23.2 Å². The van der Waals surface area contributed by atoms with Gasteiger partial charge in [0.15, 0.2) is 0 Å². The largest absolute Gasteiger partial charge is 0.488 e. The van der Waals surface area contributed by atoms with E-state index >= 15 is 0 Å². The molecule has 1 aliphatic heterocycles. The van der Waals surface area contributed by atoms with Crippen molar-refractivity contribution < 1.29 is 22.3 Å². The van der Waals surface area contributed by atoms with Crippen molar-refractivity contribution in [3.63, 3.8) is 0 Å². The van der Waals surface area contributed by atoms with Crippen LogP contribution in [-0.2, 0) is 12.7 Å². The number of ether oxygens (including phenoxy) is 1. The van der Waals surface area contributed by atoms with E-state index in [0.717, 1.165) is 44.9 Å². The number of alkyl halides is 3. The van der Waals surface area contributed by atoms with Gasteiger partial charge in [-0.05, 0) is 30.2 Å². The third-order valence-electron chi connectivity index (χ3n) is 5.17. The first-order valence-corrected chi connectivity index (χ1v) is 9.87. The zero-order chi connectivity index (χ0) is 20.9. The SMILES string of the molecule is CCC(CN1CCN(Cc2ccccc2)CC1)Oc1ccc(F)cc1C(F)(F)F. The highest BCUT2D eigenvalue weighted by molar-refractivity contribution is 5.36. The first-order chi connectivity index (χ1) is 13.8. The highest BCUT2D eigenvalue weighted by Crippen LogP contribution is 2.37. The Bertz CT molecular complexity index is 774. The average molecular weight is 410 g/mol. The summed E-state index contributed by atoms with van der Waals surface area (Å²) in [5.41, 5.74) is 0.204. The number of nitrogens with zero attached hydrogens (tertiary/aromatic N) is 2. The standard InChI is InChI=1S/C22H26F4N2O/c1-2-19(29-21-9-8-18(23)14-20(21)22(24,25)26)16-28-12-10-27(11-13-28)15-17-6-4-3-5-7-17/h3-9,14,19H,2,10-13,15-16H2,1H3. The lowest BCUT2D eigenvalue weighted by molar-refractivity contribution is -0.139. The molecule has 0 aromatic heterocycles. The average Bonchev–Trinajstić information content (AvgIpc) is 2.70. The lowest BCUT2D eigenvalue weighted by Gasteiger charge is -2.36. The second-order valence-corrected chi connectivity index (χ2v) is 7.35. The summed E-state index contributed by atoms with van der Waals surface area (Å²) < 4.78 is 58.6. The molecule has 3 rings (SSSR count). The van der Waals surface area contributed by atoms with E-state index in [9.17, 15) is 17.6 Å². The van der Waals surface area contributed by atoms with Gasteiger partial charge >= 0.3 is 6.18 Å². The van der Waals surface area contributed by atoms with Crippen LogP contribution < -0.4 is 4.74 Å². The van der Waals surface area contributed by atoms with Crippen molar-refractivity contribution in [3.05, 3.63) is 65.5 Å². The molecule has 0 saturated carbocycles. The van der Waals surface area contributed by atoms with Crippen LogP contribution in [-0.4, -0.2) is 48.6 Å². The minimum absolute atomic E-state index is 0.312. The molecule has 1 fully saturated rings. The fraction of sp³-hybridized carbons (Fsp3) is 0.455. The van der Waals surface area contributed by atoms with E-state index in [1.165, 1.54) is 5.56 Å². The molecular formula is C22H26F4N2O. The number of hydrogen-bond acceptors (Lipinski definition) is 3. The fourth-order valence-electron chi connectivity index (χ4n) is 3.52. The quantitative estimate of drug-likeness (QED) is 0.609. The second kappa shape index (κ2) is 9.59. The van der Waals surface area contributed by atoms with Gasteiger partial charge in [-0.25, -0.2) is 4.39 Å². The molecular weight excluding hydrogens is 384 g/mol. The maximum Gasteiger partial charge on any atom is 0.420 e. The maximum absolute atomic E-state index is 13.3. The Labute approximate surface area is 168 Å². The first kappa shape index (κ1) is 21.6. The van der Waals surface area contributed by atoms with E-state index in [1.807, 2.05) is 25.1 Å². The van der Waals surface area contributed by atoms with Gasteiger partial charge in [-0.2, -0.15) is 13.2 Å². The van der Waals surface area contributed by atoms with E-state index in [4.69, 9.17) is 4.74 Å². The van der Waals surface area contributed by atoms with Gasteiger partial charge in [-0.15, -0.1) is 0 Å². The van der Waals surface area contributed by atoms with Crippen molar-refractivity contribution in [2.45, 2.75) is 32.2 Å². The molecule has 1 atom stereocenters. The molecule has 0 amide bonds. The summed E-state index contributed by atoms with van der Waals surface area (Å²) in [6.07, 6.45) is -4.47. The molecule has 0 bridgehead atoms. The molecule has 0 N–H and O–H groups in total. The zero-order valence-electron chi connectivity index (χ0n) is 16.5. The van der Waals surface area contributed by atoms with Crippen LogP contribution >= 0.6 is 0 Å². The van der Waals surface area contributed by atoms with Crippen LogP contribution in [0.15, 0.2) is 48.5 Å². The van der Waals surface area contributed by atoms with Crippen molar-refractivity contribution in [3.8, 4) is 5.75 Å². The molecule has 2 aromatic rings. The number of halogens is 4. The monoisotopic (exact) mass is 410 g/mol. The van der Waals surface area contributed by atoms with Crippen LogP contribution in [0.1, 0.15) is 24.5 Å². The Morgan fingerprint density at radius 2 is 1.62 bits per heavy atom. The van der Waals surface area contributed by atoms with Crippen LogP contribution in [0.2, 0.25) is 0 Å². The molecule has 7 heteroatoms. The Hall–Kier alpha value is -2.12. The molecule has 3 nitrogen and oxygen atoms in total. The van der Waals surface area contributed by atoms with E-state index < -0.39 is 17.6 Å². The Morgan fingerprint density at radius 1 is 0.966 bits per heavy atom. The van der Waals surface area contributed by atoms with Crippen molar-refractivity contribution in [1.82, 2.24) is 9.80 Å².